The molecule has 4 heteroatoms. The molecule has 3 aromatic heterocycles. The minimum atomic E-state index is 0.626. The van der Waals surface area contributed by atoms with Crippen LogP contribution in [0.25, 0.3) is 93.5 Å². The number of fused-ring (bicyclic) bond motifs is 7. The zero-order valence-corrected chi connectivity index (χ0v) is 28.1. The first kappa shape index (κ1) is 29.7. The van der Waals surface area contributed by atoms with Crippen LogP contribution in [0.3, 0.4) is 0 Å². The molecule has 0 unspecified atom stereocenters. The van der Waals surface area contributed by atoms with Crippen molar-refractivity contribution in [1.82, 2.24) is 14.1 Å². The van der Waals surface area contributed by atoms with Crippen LogP contribution >= 0.6 is 0 Å². The molecule has 10 aromatic rings. The number of benzene rings is 7. The van der Waals surface area contributed by atoms with Crippen LogP contribution < -0.4 is 0 Å². The molecule has 3 heterocycles. The molecule has 0 radical (unpaired) electrons. The van der Waals surface area contributed by atoms with Gasteiger partial charge in [-0.1, -0.05) is 133 Å². The lowest BCUT2D eigenvalue weighted by Crippen LogP contribution is -1.96. The van der Waals surface area contributed by atoms with Gasteiger partial charge in [0.15, 0.2) is 0 Å². The lowest BCUT2D eigenvalue weighted by molar-refractivity contribution is 1.18. The van der Waals surface area contributed by atoms with Crippen molar-refractivity contribution in [3.63, 3.8) is 0 Å². The average Bonchev–Trinajstić information content (AvgIpc) is 3.74. The van der Waals surface area contributed by atoms with E-state index in [0.717, 1.165) is 77.9 Å². The molecule has 4 nitrogen and oxygen atoms in total. The average molecular weight is 663 g/mol. The van der Waals surface area contributed by atoms with Crippen LogP contribution in [-0.2, 0) is 0 Å². The summed E-state index contributed by atoms with van der Waals surface area (Å²) in [5, 5.41) is 4.70. The lowest BCUT2D eigenvalue weighted by Gasteiger charge is -2.13. The molecule has 10 rings (SSSR count). The van der Waals surface area contributed by atoms with E-state index in [1.54, 1.807) is 0 Å². The Labute approximate surface area is 300 Å². The van der Waals surface area contributed by atoms with Crippen LogP contribution in [-0.4, -0.2) is 14.1 Å². The molecule has 0 amide bonds. The molecular weight excluding hydrogens is 633 g/mol. The first-order valence-electron chi connectivity index (χ1n) is 17.4. The zero-order chi connectivity index (χ0) is 34.6. The molecule has 0 spiro atoms. The zero-order valence-electron chi connectivity index (χ0n) is 28.1. The van der Waals surface area contributed by atoms with E-state index in [9.17, 15) is 0 Å². The number of nitrogens with zero attached hydrogens (tertiary/aromatic N) is 4. The maximum atomic E-state index is 7.97. The summed E-state index contributed by atoms with van der Waals surface area (Å²) in [4.78, 5) is 9.04. The maximum Gasteiger partial charge on any atom is 0.210 e. The van der Waals surface area contributed by atoms with Crippen molar-refractivity contribution in [3.05, 3.63) is 193 Å². The lowest BCUT2D eigenvalue weighted by atomic mass is 9.99. The third-order valence-electron chi connectivity index (χ3n) is 10.1. The second-order valence-corrected chi connectivity index (χ2v) is 13.1. The van der Waals surface area contributed by atoms with E-state index in [2.05, 4.69) is 160 Å². The number of pyridine rings is 1. The van der Waals surface area contributed by atoms with E-state index in [0.29, 0.717) is 5.69 Å². The summed E-state index contributed by atoms with van der Waals surface area (Å²) in [5.74, 6) is 0. The maximum absolute atomic E-state index is 7.97. The van der Waals surface area contributed by atoms with Crippen LogP contribution in [0.4, 0.5) is 5.69 Å². The summed E-state index contributed by atoms with van der Waals surface area (Å²) in [6, 6.07) is 63.7. The smallest absolute Gasteiger partial charge is 0.210 e. The number of aromatic nitrogens is 3. The summed E-state index contributed by atoms with van der Waals surface area (Å²) in [6.45, 7) is 7.97. The standard InChI is InChI=1S/C48H30N4/c1-49-40-23-10-13-26-45(40)52-44-25-12-9-22-39(44)47-46(52)28-27-38-37-21-8-11-24-43(37)51(48(38)47)36-20-14-19-34(29-36)35-30-41(32-15-4-2-5-16-32)50-42(31-35)33-17-6-3-7-18-33/h2-31H. The Kier molecular flexibility index (Phi) is 6.84. The first-order valence-corrected chi connectivity index (χ1v) is 17.4. The Morgan fingerprint density at radius 2 is 1.02 bits per heavy atom. The third-order valence-corrected chi connectivity index (χ3v) is 10.1. The highest BCUT2D eigenvalue weighted by Crippen LogP contribution is 2.43. The molecule has 0 atom stereocenters. The van der Waals surface area contributed by atoms with Gasteiger partial charge in [-0.25, -0.2) is 9.83 Å². The minimum absolute atomic E-state index is 0.626. The largest absolute Gasteiger partial charge is 0.319 e. The molecule has 0 aliphatic rings. The van der Waals surface area contributed by atoms with Gasteiger partial charge in [0, 0.05) is 38.4 Å². The fourth-order valence-corrected chi connectivity index (χ4v) is 7.82. The third kappa shape index (κ3) is 4.65. The van der Waals surface area contributed by atoms with E-state index in [4.69, 9.17) is 11.6 Å². The summed E-state index contributed by atoms with van der Waals surface area (Å²) < 4.78 is 4.68. The van der Waals surface area contributed by atoms with Crippen LogP contribution in [0.1, 0.15) is 0 Å². The van der Waals surface area contributed by atoms with Crippen LogP contribution in [0.5, 0.6) is 0 Å². The van der Waals surface area contributed by atoms with Crippen molar-refractivity contribution in [3.8, 4) is 45.0 Å². The molecule has 7 aromatic carbocycles. The number of para-hydroxylation sites is 4. The van der Waals surface area contributed by atoms with Gasteiger partial charge in [0.25, 0.3) is 0 Å². The number of hydrogen-bond donors (Lipinski definition) is 0. The SMILES string of the molecule is [C-]#[N+]c1ccccc1-n1c2ccccc2c2c1ccc1c3ccccc3n(-c3cccc(-c4cc(-c5ccccc5)nc(-c5ccccc5)c4)c3)c12. The van der Waals surface area contributed by atoms with Crippen molar-refractivity contribution in [2.45, 2.75) is 0 Å². The van der Waals surface area contributed by atoms with Gasteiger partial charge in [-0.2, -0.15) is 0 Å². The highest BCUT2D eigenvalue weighted by molar-refractivity contribution is 6.26. The highest BCUT2D eigenvalue weighted by atomic mass is 15.0. The Balaban J connectivity index is 1.26. The second kappa shape index (κ2) is 12.0. The van der Waals surface area contributed by atoms with E-state index >= 15 is 0 Å². The highest BCUT2D eigenvalue weighted by Gasteiger charge is 2.22. The minimum Gasteiger partial charge on any atom is -0.319 e. The molecule has 0 aliphatic heterocycles. The Morgan fingerprint density at radius 1 is 0.423 bits per heavy atom. The van der Waals surface area contributed by atoms with Gasteiger partial charge in [-0.3, -0.25) is 0 Å². The molecule has 0 fully saturated rings. The van der Waals surface area contributed by atoms with Crippen molar-refractivity contribution in [2.24, 2.45) is 0 Å². The summed E-state index contributed by atoms with van der Waals surface area (Å²) in [5.41, 5.74) is 13.3. The Bertz CT molecular complexity index is 2960. The van der Waals surface area contributed by atoms with Gasteiger partial charge >= 0.3 is 0 Å². The van der Waals surface area contributed by atoms with Crippen molar-refractivity contribution < 1.29 is 0 Å². The van der Waals surface area contributed by atoms with Gasteiger partial charge < -0.3 is 9.13 Å². The van der Waals surface area contributed by atoms with Gasteiger partial charge in [-0.05, 0) is 59.7 Å². The fourth-order valence-electron chi connectivity index (χ4n) is 7.82. The van der Waals surface area contributed by atoms with Crippen LogP contribution in [0.15, 0.2) is 182 Å². The molecule has 242 valence electrons. The van der Waals surface area contributed by atoms with E-state index in [1.807, 2.05) is 36.4 Å². The molecule has 52 heavy (non-hydrogen) atoms. The summed E-state index contributed by atoms with van der Waals surface area (Å²) in [6.07, 6.45) is 0. The Morgan fingerprint density at radius 3 is 1.73 bits per heavy atom. The van der Waals surface area contributed by atoms with E-state index in [1.165, 1.54) is 10.8 Å². The molecule has 0 bridgehead atoms. The van der Waals surface area contributed by atoms with E-state index in [-0.39, 0.29) is 0 Å². The number of rotatable bonds is 5. The van der Waals surface area contributed by atoms with Gasteiger partial charge in [0.2, 0.25) is 5.69 Å². The van der Waals surface area contributed by atoms with Gasteiger partial charge in [-0.15, -0.1) is 0 Å². The molecule has 0 aliphatic carbocycles. The van der Waals surface area contributed by atoms with E-state index < -0.39 is 0 Å². The van der Waals surface area contributed by atoms with Gasteiger partial charge in [0.1, 0.15) is 0 Å². The Hall–Kier alpha value is -7.22. The summed E-state index contributed by atoms with van der Waals surface area (Å²) in [7, 11) is 0. The van der Waals surface area contributed by atoms with Crippen LogP contribution in [0.2, 0.25) is 0 Å². The number of hydrogen-bond acceptors (Lipinski definition) is 1. The first-order chi connectivity index (χ1) is 25.8. The van der Waals surface area contributed by atoms with Crippen molar-refractivity contribution in [1.29, 1.82) is 0 Å². The topological polar surface area (TPSA) is 27.1 Å². The second-order valence-electron chi connectivity index (χ2n) is 13.1. The quantitative estimate of drug-likeness (QED) is 0.169. The van der Waals surface area contributed by atoms with Crippen molar-refractivity contribution >= 4 is 49.3 Å². The van der Waals surface area contributed by atoms with Gasteiger partial charge in [0.05, 0.1) is 45.7 Å². The predicted molar refractivity (Wildman–Crippen MR) is 215 cm³/mol. The molecule has 0 N–H and O–H groups in total. The monoisotopic (exact) mass is 662 g/mol. The predicted octanol–water partition coefficient (Wildman–Crippen LogP) is 12.8. The molecule has 0 saturated heterocycles. The normalized spacial score (nSPS) is 11.4. The fraction of sp³-hybridized carbons (Fsp3) is 0. The van der Waals surface area contributed by atoms with Crippen LogP contribution in [0, 0.1) is 6.57 Å². The van der Waals surface area contributed by atoms with Crippen molar-refractivity contribution in [2.75, 3.05) is 0 Å². The summed E-state index contributed by atoms with van der Waals surface area (Å²) >= 11 is 0. The molecular formula is C48H30N4. The molecule has 0 saturated carbocycles.